The van der Waals surface area contributed by atoms with Crippen LogP contribution in [-0.4, -0.2) is 5.11 Å². The van der Waals surface area contributed by atoms with Crippen LogP contribution in [0.3, 0.4) is 0 Å². The van der Waals surface area contributed by atoms with Crippen LogP contribution in [0.2, 0.25) is 4.34 Å². The average Bonchev–Trinajstić information content (AvgIpc) is 2.75. The summed E-state index contributed by atoms with van der Waals surface area (Å²) in [7, 11) is 0. The van der Waals surface area contributed by atoms with E-state index in [-0.39, 0.29) is 6.10 Å². The summed E-state index contributed by atoms with van der Waals surface area (Å²) in [6.45, 7) is 2.04. The minimum absolute atomic E-state index is 0.360. The molecule has 1 N–H and O–H groups in total. The van der Waals surface area contributed by atoms with Crippen molar-refractivity contribution in [3.63, 3.8) is 0 Å². The first-order valence-electron chi connectivity index (χ1n) is 6.14. The molecule has 0 spiro atoms. The third-order valence-corrected chi connectivity index (χ3v) is 4.37. The summed E-state index contributed by atoms with van der Waals surface area (Å²) in [5.74, 6) is 0. The van der Waals surface area contributed by atoms with Gasteiger partial charge in [-0.1, -0.05) is 35.9 Å². The van der Waals surface area contributed by atoms with Crippen molar-refractivity contribution < 1.29 is 5.11 Å². The van der Waals surface area contributed by atoms with E-state index < -0.39 is 0 Å². The van der Waals surface area contributed by atoms with E-state index in [2.05, 4.69) is 6.07 Å². The predicted molar refractivity (Wildman–Crippen MR) is 78.4 cm³/mol. The molecule has 96 valence electrons. The van der Waals surface area contributed by atoms with Crippen LogP contribution in [0.1, 0.15) is 34.9 Å². The Hall–Kier alpha value is -0.830. The van der Waals surface area contributed by atoms with Crippen molar-refractivity contribution in [3.05, 3.63) is 56.7 Å². The van der Waals surface area contributed by atoms with E-state index >= 15 is 0 Å². The summed E-state index contributed by atoms with van der Waals surface area (Å²) in [6, 6.07) is 12.0. The van der Waals surface area contributed by atoms with Gasteiger partial charge in [0.1, 0.15) is 0 Å². The number of halogens is 1. The van der Waals surface area contributed by atoms with Gasteiger partial charge in [-0.2, -0.15) is 0 Å². The van der Waals surface area contributed by atoms with Crippen LogP contribution in [0.4, 0.5) is 0 Å². The molecule has 0 saturated heterocycles. The second-order valence-electron chi connectivity index (χ2n) is 4.47. The molecule has 2 rings (SSSR count). The van der Waals surface area contributed by atoms with Gasteiger partial charge in [0, 0.05) is 4.88 Å². The fourth-order valence-corrected chi connectivity index (χ4v) is 3.20. The smallest absolute Gasteiger partial charge is 0.0931 e. The van der Waals surface area contributed by atoms with Crippen molar-refractivity contribution in [2.75, 3.05) is 0 Å². The first kappa shape index (κ1) is 13.6. The second kappa shape index (κ2) is 6.37. The molecule has 0 bridgehead atoms. The van der Waals surface area contributed by atoms with E-state index in [0.29, 0.717) is 0 Å². The molecule has 1 atom stereocenters. The molecule has 0 aliphatic carbocycles. The number of rotatable bonds is 5. The average molecular weight is 281 g/mol. The van der Waals surface area contributed by atoms with E-state index in [9.17, 15) is 5.11 Å². The molecule has 1 aromatic heterocycles. The molecule has 0 amide bonds. The zero-order valence-corrected chi connectivity index (χ0v) is 12.0. The van der Waals surface area contributed by atoms with Gasteiger partial charge in [0.2, 0.25) is 0 Å². The van der Waals surface area contributed by atoms with Gasteiger partial charge in [-0.15, -0.1) is 11.3 Å². The van der Waals surface area contributed by atoms with Crippen LogP contribution < -0.4 is 0 Å². The lowest BCUT2D eigenvalue weighted by Gasteiger charge is -2.13. The largest absolute Gasteiger partial charge is 0.388 e. The Labute approximate surface area is 117 Å². The number of aliphatic hydroxyl groups excluding tert-OH is 1. The van der Waals surface area contributed by atoms with Gasteiger partial charge < -0.3 is 5.11 Å². The number of aliphatic hydroxyl groups is 1. The van der Waals surface area contributed by atoms with Crippen molar-refractivity contribution in [1.29, 1.82) is 0 Å². The lowest BCUT2D eigenvalue weighted by atomic mass is 9.99. The molecular weight excluding hydrogens is 264 g/mol. The third-order valence-electron chi connectivity index (χ3n) is 3.08. The maximum Gasteiger partial charge on any atom is 0.0931 e. The number of thiophene rings is 1. The van der Waals surface area contributed by atoms with Crippen LogP contribution >= 0.6 is 22.9 Å². The quantitative estimate of drug-likeness (QED) is 0.837. The summed E-state index contributed by atoms with van der Waals surface area (Å²) < 4.78 is 0.837. The summed E-state index contributed by atoms with van der Waals surface area (Å²) in [5, 5.41) is 10.2. The van der Waals surface area contributed by atoms with Gasteiger partial charge in [-0.25, -0.2) is 0 Å². The van der Waals surface area contributed by atoms with Gasteiger partial charge in [0.15, 0.2) is 0 Å². The molecule has 0 fully saturated rings. The number of hydrogen-bond acceptors (Lipinski definition) is 2. The minimum Gasteiger partial charge on any atom is -0.388 e. The Balaban J connectivity index is 1.85. The molecule has 18 heavy (non-hydrogen) atoms. The van der Waals surface area contributed by atoms with Gasteiger partial charge >= 0.3 is 0 Å². The number of hydrogen-bond donors (Lipinski definition) is 1. The van der Waals surface area contributed by atoms with E-state index in [0.717, 1.165) is 34.7 Å². The predicted octanol–water partition coefficient (Wildman–Crippen LogP) is 4.77. The van der Waals surface area contributed by atoms with Gasteiger partial charge in [0.05, 0.1) is 10.4 Å². The Kier molecular flexibility index (Phi) is 4.81. The highest BCUT2D eigenvalue weighted by Crippen LogP contribution is 2.26. The molecule has 1 aromatic carbocycles. The monoisotopic (exact) mass is 280 g/mol. The van der Waals surface area contributed by atoms with E-state index in [1.165, 1.54) is 4.88 Å². The van der Waals surface area contributed by atoms with Crippen LogP contribution in [0.15, 0.2) is 36.4 Å². The molecule has 0 aliphatic heterocycles. The summed E-state index contributed by atoms with van der Waals surface area (Å²) in [4.78, 5) is 1.29. The topological polar surface area (TPSA) is 20.2 Å². The highest BCUT2D eigenvalue weighted by atomic mass is 35.5. The fraction of sp³-hybridized carbons (Fsp3) is 0.333. The Morgan fingerprint density at radius 2 is 2.00 bits per heavy atom. The van der Waals surface area contributed by atoms with Crippen molar-refractivity contribution in [2.45, 2.75) is 32.3 Å². The van der Waals surface area contributed by atoms with Crippen LogP contribution in [0.5, 0.6) is 0 Å². The second-order valence-corrected chi connectivity index (χ2v) is 6.27. The first-order chi connectivity index (χ1) is 8.66. The SMILES string of the molecule is Cc1ccccc1C(O)CCCc1ccc(Cl)s1. The molecule has 0 radical (unpaired) electrons. The van der Waals surface area contributed by atoms with Gasteiger partial charge in [-0.3, -0.25) is 0 Å². The molecule has 0 aliphatic rings. The normalized spacial score (nSPS) is 12.6. The fourth-order valence-electron chi connectivity index (χ4n) is 2.07. The van der Waals surface area contributed by atoms with E-state index in [4.69, 9.17) is 11.6 Å². The lowest BCUT2D eigenvalue weighted by molar-refractivity contribution is 0.164. The van der Waals surface area contributed by atoms with E-state index in [1.807, 2.05) is 37.3 Å². The number of benzene rings is 1. The van der Waals surface area contributed by atoms with Crippen molar-refractivity contribution in [2.24, 2.45) is 0 Å². The zero-order chi connectivity index (χ0) is 13.0. The van der Waals surface area contributed by atoms with Crippen molar-refractivity contribution >= 4 is 22.9 Å². The summed E-state index contributed by atoms with van der Waals surface area (Å²) >= 11 is 7.51. The molecule has 1 nitrogen and oxygen atoms in total. The highest BCUT2D eigenvalue weighted by molar-refractivity contribution is 7.16. The first-order valence-corrected chi connectivity index (χ1v) is 7.34. The van der Waals surface area contributed by atoms with Crippen molar-refractivity contribution in [1.82, 2.24) is 0 Å². The molecule has 3 heteroatoms. The van der Waals surface area contributed by atoms with Crippen LogP contribution in [-0.2, 0) is 6.42 Å². The maximum absolute atomic E-state index is 10.2. The maximum atomic E-state index is 10.2. The summed E-state index contributed by atoms with van der Waals surface area (Å²) in [5.41, 5.74) is 2.20. The van der Waals surface area contributed by atoms with Crippen LogP contribution in [0.25, 0.3) is 0 Å². The van der Waals surface area contributed by atoms with Gasteiger partial charge in [-0.05, 0) is 49.4 Å². The Morgan fingerprint density at radius 1 is 1.22 bits per heavy atom. The zero-order valence-electron chi connectivity index (χ0n) is 10.4. The van der Waals surface area contributed by atoms with Crippen LogP contribution in [0, 0.1) is 6.92 Å². The lowest BCUT2D eigenvalue weighted by Crippen LogP contribution is -2.00. The Morgan fingerprint density at radius 3 is 2.67 bits per heavy atom. The minimum atomic E-state index is -0.360. The standard InChI is InChI=1S/C15H17ClOS/c1-11-5-2-3-7-13(11)14(17)8-4-6-12-9-10-15(16)18-12/h2-3,5,7,9-10,14,17H,4,6,8H2,1H3. The number of aryl methyl sites for hydroxylation is 2. The molecule has 0 saturated carbocycles. The summed E-state index contributed by atoms with van der Waals surface area (Å²) in [6.07, 6.45) is 2.40. The molecule has 2 aromatic rings. The molecule has 1 unspecified atom stereocenters. The van der Waals surface area contributed by atoms with Gasteiger partial charge in [0.25, 0.3) is 0 Å². The van der Waals surface area contributed by atoms with E-state index in [1.54, 1.807) is 11.3 Å². The third kappa shape index (κ3) is 3.58. The highest BCUT2D eigenvalue weighted by Gasteiger charge is 2.09. The molecular formula is C15H17ClOS. The van der Waals surface area contributed by atoms with Crippen molar-refractivity contribution in [3.8, 4) is 0 Å². The Bertz CT molecular complexity index is 507. The molecule has 1 heterocycles.